The Morgan fingerprint density at radius 3 is 2.84 bits per heavy atom. The first kappa shape index (κ1) is 11.9. The molecule has 0 unspecified atom stereocenters. The van der Waals surface area contributed by atoms with E-state index in [0.717, 1.165) is 18.5 Å². The first-order valence-electron chi connectivity index (χ1n) is 6.34. The second kappa shape index (κ2) is 4.85. The van der Waals surface area contributed by atoms with Crippen molar-refractivity contribution in [3.63, 3.8) is 0 Å². The van der Waals surface area contributed by atoms with E-state index in [0.29, 0.717) is 24.2 Å². The zero-order valence-corrected chi connectivity index (χ0v) is 10.5. The van der Waals surface area contributed by atoms with E-state index < -0.39 is 0 Å². The Labute approximate surface area is 110 Å². The number of nitrogens with zero attached hydrogens (tertiary/aromatic N) is 2. The van der Waals surface area contributed by atoms with Gasteiger partial charge in [-0.3, -0.25) is 9.78 Å². The van der Waals surface area contributed by atoms with Gasteiger partial charge in [0.1, 0.15) is 5.52 Å². The van der Waals surface area contributed by atoms with Crippen LogP contribution in [-0.4, -0.2) is 47.1 Å². The summed E-state index contributed by atoms with van der Waals surface area (Å²) >= 11 is 0. The van der Waals surface area contributed by atoms with E-state index in [2.05, 4.69) is 10.3 Å². The van der Waals surface area contributed by atoms with Gasteiger partial charge < -0.3 is 15.3 Å². The molecule has 1 aromatic heterocycles. The summed E-state index contributed by atoms with van der Waals surface area (Å²) in [4.78, 5) is 18.3. The van der Waals surface area contributed by atoms with Crippen molar-refractivity contribution in [1.82, 2.24) is 15.2 Å². The summed E-state index contributed by atoms with van der Waals surface area (Å²) in [6, 6.07) is 7.15. The van der Waals surface area contributed by atoms with Crippen molar-refractivity contribution in [1.29, 1.82) is 0 Å². The molecule has 2 heterocycles. The monoisotopic (exact) mass is 257 g/mol. The summed E-state index contributed by atoms with van der Waals surface area (Å²) in [5, 5.41) is 14.3. The molecule has 0 bridgehead atoms. The molecule has 0 saturated carbocycles. The number of hydrogen-bond donors (Lipinski definition) is 2. The SMILES string of the molecule is O=C(c1ccc2cccnc2c1O)N1CCNCC1. The lowest BCUT2D eigenvalue weighted by Crippen LogP contribution is -2.46. The van der Waals surface area contributed by atoms with Crippen LogP contribution in [0.4, 0.5) is 0 Å². The average Bonchev–Trinajstić information content (AvgIpc) is 2.48. The number of pyridine rings is 1. The number of carbonyl (C=O) groups excluding carboxylic acids is 1. The fourth-order valence-corrected chi connectivity index (χ4v) is 2.34. The Hall–Kier alpha value is -2.14. The van der Waals surface area contributed by atoms with Crippen LogP contribution in [0.1, 0.15) is 10.4 Å². The molecule has 98 valence electrons. The van der Waals surface area contributed by atoms with Crippen LogP contribution >= 0.6 is 0 Å². The smallest absolute Gasteiger partial charge is 0.257 e. The second-order valence-corrected chi connectivity index (χ2v) is 4.58. The lowest BCUT2D eigenvalue weighted by Gasteiger charge is -2.27. The van der Waals surface area contributed by atoms with Gasteiger partial charge in [0.25, 0.3) is 5.91 Å². The molecule has 2 aromatic rings. The number of aromatic nitrogens is 1. The lowest BCUT2D eigenvalue weighted by atomic mass is 10.1. The molecule has 1 fully saturated rings. The maximum Gasteiger partial charge on any atom is 0.257 e. The van der Waals surface area contributed by atoms with E-state index in [1.54, 1.807) is 23.2 Å². The number of rotatable bonds is 1. The number of carbonyl (C=O) groups is 1. The third-order valence-electron chi connectivity index (χ3n) is 3.38. The van der Waals surface area contributed by atoms with Crippen molar-refractivity contribution < 1.29 is 9.90 Å². The Morgan fingerprint density at radius 2 is 2.05 bits per heavy atom. The molecule has 2 N–H and O–H groups in total. The third kappa shape index (κ3) is 2.13. The number of benzene rings is 1. The average molecular weight is 257 g/mol. The van der Waals surface area contributed by atoms with Crippen LogP contribution in [0.3, 0.4) is 0 Å². The second-order valence-electron chi connectivity index (χ2n) is 4.58. The minimum atomic E-state index is -0.133. The maximum atomic E-state index is 12.4. The van der Waals surface area contributed by atoms with E-state index in [1.807, 2.05) is 12.1 Å². The van der Waals surface area contributed by atoms with E-state index in [1.165, 1.54) is 0 Å². The fourth-order valence-electron chi connectivity index (χ4n) is 2.34. The molecule has 3 rings (SSSR count). The molecule has 5 nitrogen and oxygen atoms in total. The number of aromatic hydroxyl groups is 1. The number of fused-ring (bicyclic) bond motifs is 1. The molecule has 0 spiro atoms. The minimum Gasteiger partial charge on any atom is -0.505 e. The zero-order valence-electron chi connectivity index (χ0n) is 10.5. The molecule has 0 radical (unpaired) electrons. The Balaban J connectivity index is 2.00. The molecule has 19 heavy (non-hydrogen) atoms. The third-order valence-corrected chi connectivity index (χ3v) is 3.38. The maximum absolute atomic E-state index is 12.4. The first-order valence-corrected chi connectivity index (χ1v) is 6.34. The van der Waals surface area contributed by atoms with Gasteiger partial charge in [-0.1, -0.05) is 12.1 Å². The van der Waals surface area contributed by atoms with E-state index in [4.69, 9.17) is 0 Å². The van der Waals surface area contributed by atoms with Gasteiger partial charge in [-0.2, -0.15) is 0 Å². The number of hydrogen-bond acceptors (Lipinski definition) is 4. The predicted octanol–water partition coefficient (Wildman–Crippen LogP) is 0.986. The van der Waals surface area contributed by atoms with Gasteiger partial charge >= 0.3 is 0 Å². The van der Waals surface area contributed by atoms with Gasteiger partial charge in [0.15, 0.2) is 5.75 Å². The number of phenols is 1. The van der Waals surface area contributed by atoms with Crippen LogP contribution in [-0.2, 0) is 0 Å². The van der Waals surface area contributed by atoms with Crippen molar-refractivity contribution in [2.75, 3.05) is 26.2 Å². The van der Waals surface area contributed by atoms with Crippen LogP contribution in [0, 0.1) is 0 Å². The highest BCUT2D eigenvalue weighted by Gasteiger charge is 2.21. The molecule has 1 aliphatic rings. The van der Waals surface area contributed by atoms with Crippen molar-refractivity contribution in [2.45, 2.75) is 0 Å². The van der Waals surface area contributed by atoms with Crippen molar-refractivity contribution in [3.05, 3.63) is 36.0 Å². The molecule has 1 saturated heterocycles. The Bertz CT molecular complexity index is 621. The van der Waals surface area contributed by atoms with Gasteiger partial charge in [0.05, 0.1) is 5.56 Å². The molecule has 1 aromatic carbocycles. The topological polar surface area (TPSA) is 65.5 Å². The van der Waals surface area contributed by atoms with Gasteiger partial charge in [-0.25, -0.2) is 0 Å². The molecule has 1 amide bonds. The number of piperazine rings is 1. The molecule has 0 atom stereocenters. The molecule has 0 aliphatic carbocycles. The molecule has 1 aliphatic heterocycles. The zero-order chi connectivity index (χ0) is 13.2. The quantitative estimate of drug-likeness (QED) is 0.799. The number of nitrogens with one attached hydrogen (secondary N) is 1. The Morgan fingerprint density at radius 1 is 1.26 bits per heavy atom. The Kier molecular flexibility index (Phi) is 3.05. The largest absolute Gasteiger partial charge is 0.505 e. The summed E-state index contributed by atoms with van der Waals surface area (Å²) in [6.07, 6.45) is 1.61. The predicted molar refractivity (Wildman–Crippen MR) is 72.2 cm³/mol. The first-order chi connectivity index (χ1) is 9.27. The van der Waals surface area contributed by atoms with E-state index >= 15 is 0 Å². The highest BCUT2D eigenvalue weighted by molar-refractivity contribution is 6.02. The van der Waals surface area contributed by atoms with Crippen LogP contribution in [0.25, 0.3) is 10.9 Å². The minimum absolute atomic E-state index is 0.0263. The molecular weight excluding hydrogens is 242 g/mol. The van der Waals surface area contributed by atoms with Crippen LogP contribution < -0.4 is 5.32 Å². The fraction of sp³-hybridized carbons (Fsp3) is 0.286. The summed E-state index contributed by atoms with van der Waals surface area (Å²) in [5.74, 6) is -0.159. The summed E-state index contributed by atoms with van der Waals surface area (Å²) in [5.41, 5.74) is 0.802. The van der Waals surface area contributed by atoms with Crippen LogP contribution in [0.15, 0.2) is 30.5 Å². The normalized spacial score (nSPS) is 15.7. The lowest BCUT2D eigenvalue weighted by molar-refractivity contribution is 0.0733. The highest BCUT2D eigenvalue weighted by Crippen LogP contribution is 2.27. The summed E-state index contributed by atoms with van der Waals surface area (Å²) in [6.45, 7) is 2.91. The summed E-state index contributed by atoms with van der Waals surface area (Å²) < 4.78 is 0. The van der Waals surface area contributed by atoms with Gasteiger partial charge in [-0.15, -0.1) is 0 Å². The molecule has 5 heteroatoms. The van der Waals surface area contributed by atoms with Crippen molar-refractivity contribution >= 4 is 16.8 Å². The number of amides is 1. The van der Waals surface area contributed by atoms with E-state index in [9.17, 15) is 9.90 Å². The standard InChI is InChI=1S/C14H15N3O2/c18-13-11(14(19)17-8-6-15-7-9-17)4-3-10-2-1-5-16-12(10)13/h1-5,15,18H,6-9H2. The molecular formula is C14H15N3O2. The van der Waals surface area contributed by atoms with E-state index in [-0.39, 0.29) is 11.7 Å². The van der Waals surface area contributed by atoms with Crippen LogP contribution in [0.5, 0.6) is 5.75 Å². The highest BCUT2D eigenvalue weighted by atomic mass is 16.3. The van der Waals surface area contributed by atoms with Crippen LogP contribution in [0.2, 0.25) is 0 Å². The summed E-state index contributed by atoms with van der Waals surface area (Å²) in [7, 11) is 0. The van der Waals surface area contributed by atoms with Gasteiger partial charge in [0, 0.05) is 37.8 Å². The number of phenolic OH excluding ortho intramolecular Hbond substituents is 1. The van der Waals surface area contributed by atoms with Crippen molar-refractivity contribution in [3.8, 4) is 5.75 Å². The van der Waals surface area contributed by atoms with Crippen molar-refractivity contribution in [2.24, 2.45) is 0 Å². The van der Waals surface area contributed by atoms with Gasteiger partial charge in [0.2, 0.25) is 0 Å². The van der Waals surface area contributed by atoms with Gasteiger partial charge in [-0.05, 0) is 12.1 Å².